The predicted octanol–water partition coefficient (Wildman–Crippen LogP) is 0.780. The molecule has 1 unspecified atom stereocenters. The van der Waals surface area contributed by atoms with Crippen LogP contribution in [0.1, 0.15) is 26.2 Å². The molecule has 0 saturated heterocycles. The number of hydrogen-bond acceptors (Lipinski definition) is 4. The average molecular weight is 255 g/mol. The third-order valence-electron chi connectivity index (χ3n) is 2.03. The van der Waals surface area contributed by atoms with Crippen molar-refractivity contribution in [1.82, 2.24) is 5.32 Å². The summed E-state index contributed by atoms with van der Waals surface area (Å²) in [6.45, 7) is 4.03. The molecule has 0 heterocycles. The van der Waals surface area contributed by atoms with Crippen molar-refractivity contribution >= 4 is 19.0 Å². The molecule has 1 rings (SSSR count). The first-order valence-electron chi connectivity index (χ1n) is 5.56. The summed E-state index contributed by atoms with van der Waals surface area (Å²) in [4.78, 5) is 27.9. The summed E-state index contributed by atoms with van der Waals surface area (Å²) in [5.41, 5.74) is 1.25. The molecular formula is C13H21NO4. The van der Waals surface area contributed by atoms with Gasteiger partial charge in [0.05, 0.1) is 6.10 Å². The molecule has 5 heteroatoms. The van der Waals surface area contributed by atoms with Crippen molar-refractivity contribution in [3.05, 3.63) is 23.8 Å². The molecule has 0 aliphatic heterocycles. The minimum Gasteiger partial charge on any atom is -0.389 e. The largest absolute Gasteiger partial charge is 0.389 e. The van der Waals surface area contributed by atoms with E-state index >= 15 is 0 Å². The Morgan fingerprint density at radius 3 is 2.56 bits per heavy atom. The maximum atomic E-state index is 10.3. The number of aliphatic hydroxyl groups is 1. The zero-order valence-electron chi connectivity index (χ0n) is 10.9. The van der Waals surface area contributed by atoms with E-state index in [2.05, 4.69) is 5.32 Å². The van der Waals surface area contributed by atoms with Gasteiger partial charge >= 0.3 is 0 Å². The summed E-state index contributed by atoms with van der Waals surface area (Å²) < 4.78 is 0. The first-order chi connectivity index (χ1) is 8.60. The van der Waals surface area contributed by atoms with Gasteiger partial charge < -0.3 is 20.0 Å². The molecule has 1 aliphatic rings. The molecule has 18 heavy (non-hydrogen) atoms. The topological polar surface area (TPSA) is 83.5 Å². The highest BCUT2D eigenvalue weighted by Crippen LogP contribution is 2.08. The first-order valence-corrected chi connectivity index (χ1v) is 5.56. The van der Waals surface area contributed by atoms with Gasteiger partial charge in [-0.15, -0.1) is 0 Å². The van der Waals surface area contributed by atoms with Crippen LogP contribution in [0.5, 0.6) is 0 Å². The molecule has 0 aromatic heterocycles. The van der Waals surface area contributed by atoms with E-state index < -0.39 is 0 Å². The van der Waals surface area contributed by atoms with Gasteiger partial charge in [-0.1, -0.05) is 23.8 Å². The van der Waals surface area contributed by atoms with E-state index in [0.29, 0.717) is 12.8 Å². The zero-order valence-corrected chi connectivity index (χ0v) is 10.9. The van der Waals surface area contributed by atoms with Crippen LogP contribution >= 0.6 is 0 Å². The molecule has 5 nitrogen and oxygen atoms in total. The maximum Gasteiger partial charge on any atom is 0.220 e. The molecule has 2 N–H and O–H groups in total. The van der Waals surface area contributed by atoms with Crippen LogP contribution in [0.4, 0.5) is 0 Å². The van der Waals surface area contributed by atoms with Crippen LogP contribution in [-0.2, 0) is 14.4 Å². The molecule has 0 spiro atoms. The lowest BCUT2D eigenvalue weighted by molar-refractivity contribution is -0.122. The van der Waals surface area contributed by atoms with Crippen LogP contribution in [0, 0.1) is 0 Å². The van der Waals surface area contributed by atoms with Gasteiger partial charge in [-0.2, -0.15) is 0 Å². The minimum atomic E-state index is -0.237. The number of nitrogens with one attached hydrogen (secondary N) is 1. The molecule has 0 aromatic carbocycles. The third-order valence-corrected chi connectivity index (χ3v) is 2.03. The number of amides is 1. The number of rotatable bonds is 3. The van der Waals surface area contributed by atoms with Crippen LogP contribution in [-0.4, -0.2) is 37.2 Å². The maximum absolute atomic E-state index is 10.3. The van der Waals surface area contributed by atoms with E-state index in [4.69, 9.17) is 9.90 Å². The second-order valence-electron chi connectivity index (χ2n) is 3.49. The lowest BCUT2D eigenvalue weighted by atomic mass is 10.1. The van der Waals surface area contributed by atoms with Gasteiger partial charge in [0.15, 0.2) is 0 Å². The van der Waals surface area contributed by atoms with Crippen LogP contribution in [0.15, 0.2) is 23.8 Å². The van der Waals surface area contributed by atoms with Gasteiger partial charge in [0, 0.05) is 19.9 Å². The standard InChI is InChI=1S/C7H10O.C5H9NO2.CH2O/c1-6-2-4-7(8)5-3-6;1-6-5(8)3-2-4-7;1-2/h2-4,7-8H,5H2,1H3;4H,2-3H2,1H3,(H,6,8);1H2. The van der Waals surface area contributed by atoms with Gasteiger partial charge in [0.25, 0.3) is 0 Å². The molecule has 0 fully saturated rings. The lowest BCUT2D eigenvalue weighted by Gasteiger charge is -2.06. The monoisotopic (exact) mass is 255 g/mol. The van der Waals surface area contributed by atoms with Gasteiger partial charge in [-0.05, 0) is 13.3 Å². The van der Waals surface area contributed by atoms with Crippen molar-refractivity contribution in [2.45, 2.75) is 32.3 Å². The highest BCUT2D eigenvalue weighted by atomic mass is 16.3. The molecular weight excluding hydrogens is 234 g/mol. The van der Waals surface area contributed by atoms with Gasteiger partial charge in [-0.3, -0.25) is 4.79 Å². The molecule has 1 amide bonds. The molecule has 102 valence electrons. The second kappa shape index (κ2) is 13.3. The summed E-state index contributed by atoms with van der Waals surface area (Å²) in [6.07, 6.45) is 7.68. The van der Waals surface area contributed by atoms with Crippen molar-refractivity contribution in [2.24, 2.45) is 0 Å². The fourth-order valence-electron chi connectivity index (χ4n) is 1.03. The number of aliphatic hydroxyl groups excluding tert-OH is 1. The van der Waals surface area contributed by atoms with E-state index in [-0.39, 0.29) is 12.0 Å². The second-order valence-corrected chi connectivity index (χ2v) is 3.49. The van der Waals surface area contributed by atoms with E-state index in [1.54, 1.807) is 7.05 Å². The van der Waals surface area contributed by atoms with E-state index in [0.717, 1.165) is 12.7 Å². The average Bonchev–Trinajstić information content (AvgIpc) is 2.42. The molecule has 0 aromatic rings. The summed E-state index contributed by atoms with van der Waals surface area (Å²) in [7, 11) is 1.55. The van der Waals surface area contributed by atoms with Crippen molar-refractivity contribution in [2.75, 3.05) is 7.05 Å². The molecule has 0 saturated carbocycles. The van der Waals surface area contributed by atoms with E-state index in [1.165, 1.54) is 5.57 Å². The SMILES string of the molecule is C=O.CC1=CCC(O)C=C1.CNC(=O)CCC=O. The van der Waals surface area contributed by atoms with Gasteiger partial charge in [0.2, 0.25) is 5.91 Å². The zero-order chi connectivity index (χ0) is 14.4. The summed E-state index contributed by atoms with van der Waals surface area (Å²) in [5.74, 6) is -0.0860. The van der Waals surface area contributed by atoms with E-state index in [1.807, 2.05) is 31.9 Å². The highest BCUT2D eigenvalue weighted by molar-refractivity contribution is 5.77. The minimum absolute atomic E-state index is 0.0860. The predicted molar refractivity (Wildman–Crippen MR) is 70.0 cm³/mol. The number of hydrogen-bond donors (Lipinski definition) is 2. The summed E-state index contributed by atoms with van der Waals surface area (Å²) in [6, 6.07) is 0. The van der Waals surface area contributed by atoms with Gasteiger partial charge in [0.1, 0.15) is 13.1 Å². The van der Waals surface area contributed by atoms with Crippen LogP contribution in [0.3, 0.4) is 0 Å². The third kappa shape index (κ3) is 12.3. The quantitative estimate of drug-likeness (QED) is 0.730. The summed E-state index contributed by atoms with van der Waals surface area (Å²) >= 11 is 0. The molecule has 1 aliphatic carbocycles. The van der Waals surface area contributed by atoms with Crippen LogP contribution < -0.4 is 5.32 Å². The first kappa shape index (κ1) is 18.6. The molecule has 1 atom stereocenters. The Kier molecular flexibility index (Phi) is 13.8. The molecule has 0 bridgehead atoms. The fourth-order valence-corrected chi connectivity index (χ4v) is 1.03. The van der Waals surface area contributed by atoms with Gasteiger partial charge in [-0.25, -0.2) is 0 Å². The van der Waals surface area contributed by atoms with Crippen molar-refractivity contribution in [1.29, 1.82) is 0 Å². The number of aldehydes is 1. The Balaban J connectivity index is 0. The normalized spacial score (nSPS) is 16.2. The highest BCUT2D eigenvalue weighted by Gasteiger charge is 1.99. The van der Waals surface area contributed by atoms with E-state index in [9.17, 15) is 9.59 Å². The fraction of sp³-hybridized carbons (Fsp3) is 0.462. The van der Waals surface area contributed by atoms with Crippen LogP contribution in [0.25, 0.3) is 0 Å². The Labute approximate surface area is 108 Å². The Morgan fingerprint density at radius 1 is 1.61 bits per heavy atom. The smallest absolute Gasteiger partial charge is 0.220 e. The number of allylic oxidation sites excluding steroid dienone is 2. The van der Waals surface area contributed by atoms with Crippen molar-refractivity contribution in [3.63, 3.8) is 0 Å². The Bertz CT molecular complexity index is 297. The van der Waals surface area contributed by atoms with Crippen LogP contribution in [0.2, 0.25) is 0 Å². The van der Waals surface area contributed by atoms with Crippen molar-refractivity contribution < 1.29 is 19.5 Å². The molecule has 0 radical (unpaired) electrons. The Hall–Kier alpha value is -1.75. The summed E-state index contributed by atoms with van der Waals surface area (Å²) in [5, 5.41) is 11.3. The lowest BCUT2D eigenvalue weighted by Crippen LogP contribution is -2.16. The number of carbonyl (C=O) groups is 3. The Morgan fingerprint density at radius 2 is 2.22 bits per heavy atom. The van der Waals surface area contributed by atoms with Crippen molar-refractivity contribution in [3.8, 4) is 0 Å². The number of carbonyl (C=O) groups excluding carboxylic acids is 3.